The Hall–Kier alpha value is -2.24. The zero-order valence-corrected chi connectivity index (χ0v) is 20.1. The van der Waals surface area contributed by atoms with Crippen molar-refractivity contribution in [2.75, 3.05) is 0 Å². The maximum Gasteiger partial charge on any atom is 0.303 e. The quantitative estimate of drug-likeness (QED) is 0.309. The molecule has 1 spiro atoms. The fraction of sp³-hybridized carbons (Fsp3) is 0.556. The van der Waals surface area contributed by atoms with Crippen LogP contribution in [-0.4, -0.2) is 36.4 Å². The molecular weight excluding hydrogens is 404 g/mol. The zero-order chi connectivity index (χ0) is 23.5. The lowest BCUT2D eigenvalue weighted by atomic mass is 9.78. The maximum absolute atomic E-state index is 12.0. The molecule has 0 unspecified atom stereocenters. The van der Waals surface area contributed by atoms with Crippen LogP contribution in [0.3, 0.4) is 0 Å². The average Bonchev–Trinajstić information content (AvgIpc) is 2.67. The van der Waals surface area contributed by atoms with Gasteiger partial charge in [0.25, 0.3) is 0 Å². The highest BCUT2D eigenvalue weighted by Gasteiger charge is 2.46. The highest BCUT2D eigenvalue weighted by Crippen LogP contribution is 2.43. The molecule has 0 aromatic rings. The van der Waals surface area contributed by atoms with Gasteiger partial charge >= 0.3 is 5.97 Å². The standard InChI is InChI=1S/C27H36O5/c1-17(2)8-7-9-18(3)10-23-11-19(4)14-27(31-23)15-22(16-28)24-13-25(30-21(6)29)20(5)12-26(24)32-27/h8,10,12,14-16,23-26H,7,9,11,13H2,1-6H3/b18-10+/t23-,24-,25-,26-,27+/m1/s1. The van der Waals surface area contributed by atoms with Crippen LogP contribution in [0.5, 0.6) is 0 Å². The monoisotopic (exact) mass is 440 g/mol. The molecule has 3 aliphatic rings. The number of hydrogen-bond donors (Lipinski definition) is 0. The molecule has 174 valence electrons. The lowest BCUT2D eigenvalue weighted by Gasteiger charge is -2.46. The fourth-order valence-electron chi connectivity index (χ4n) is 4.78. The first kappa shape index (κ1) is 24.4. The Balaban J connectivity index is 1.83. The van der Waals surface area contributed by atoms with E-state index in [9.17, 15) is 9.59 Å². The first-order valence-electron chi connectivity index (χ1n) is 11.5. The van der Waals surface area contributed by atoms with Crippen LogP contribution in [0.4, 0.5) is 0 Å². The molecule has 0 aromatic carbocycles. The van der Waals surface area contributed by atoms with Crippen molar-refractivity contribution in [3.05, 3.63) is 58.2 Å². The van der Waals surface area contributed by atoms with Gasteiger partial charge in [-0.2, -0.15) is 0 Å². The number of ether oxygens (including phenoxy) is 3. The molecule has 2 heterocycles. The van der Waals surface area contributed by atoms with Gasteiger partial charge in [0.05, 0.1) is 12.2 Å². The Morgan fingerprint density at radius 1 is 1.19 bits per heavy atom. The Morgan fingerprint density at radius 2 is 1.94 bits per heavy atom. The Morgan fingerprint density at radius 3 is 2.59 bits per heavy atom. The van der Waals surface area contributed by atoms with Crippen molar-refractivity contribution in [2.24, 2.45) is 5.92 Å². The van der Waals surface area contributed by atoms with E-state index in [1.165, 1.54) is 23.6 Å². The minimum absolute atomic E-state index is 0.116. The van der Waals surface area contributed by atoms with E-state index >= 15 is 0 Å². The highest BCUT2D eigenvalue weighted by molar-refractivity contribution is 5.75. The van der Waals surface area contributed by atoms with E-state index in [1.807, 2.05) is 25.2 Å². The summed E-state index contributed by atoms with van der Waals surface area (Å²) in [6.45, 7) is 11.8. The molecular formula is C27H36O5. The number of carbonyl (C=O) groups is 2. The summed E-state index contributed by atoms with van der Waals surface area (Å²) in [5.41, 5.74) is 5.35. The Bertz CT molecular complexity index is 899. The van der Waals surface area contributed by atoms with Crippen molar-refractivity contribution in [3.8, 4) is 0 Å². The summed E-state index contributed by atoms with van der Waals surface area (Å²) >= 11 is 0. The van der Waals surface area contributed by atoms with Gasteiger partial charge in [-0.1, -0.05) is 34.9 Å². The largest absolute Gasteiger partial charge is 0.458 e. The topological polar surface area (TPSA) is 61.8 Å². The van der Waals surface area contributed by atoms with E-state index in [1.54, 1.807) is 0 Å². The van der Waals surface area contributed by atoms with E-state index in [0.717, 1.165) is 31.1 Å². The smallest absolute Gasteiger partial charge is 0.303 e. The molecule has 0 radical (unpaired) electrons. The predicted octanol–water partition coefficient (Wildman–Crippen LogP) is 5.53. The maximum atomic E-state index is 12.0. The predicted molar refractivity (Wildman–Crippen MR) is 125 cm³/mol. The highest BCUT2D eigenvalue weighted by atomic mass is 16.7. The van der Waals surface area contributed by atoms with Crippen LogP contribution in [0.25, 0.3) is 0 Å². The summed E-state index contributed by atoms with van der Waals surface area (Å²) in [6, 6.07) is 0. The summed E-state index contributed by atoms with van der Waals surface area (Å²) in [4.78, 5) is 23.5. The third kappa shape index (κ3) is 5.96. The van der Waals surface area contributed by atoms with Gasteiger partial charge in [-0.15, -0.1) is 0 Å². The number of aldehydes is 1. The van der Waals surface area contributed by atoms with Crippen LogP contribution in [0.15, 0.2) is 58.2 Å². The molecule has 5 heteroatoms. The average molecular weight is 441 g/mol. The summed E-state index contributed by atoms with van der Waals surface area (Å²) in [7, 11) is 0. The first-order chi connectivity index (χ1) is 15.1. The molecule has 0 fully saturated rings. The van der Waals surface area contributed by atoms with Gasteiger partial charge in [0, 0.05) is 12.8 Å². The fourth-order valence-corrected chi connectivity index (χ4v) is 4.78. The molecule has 5 nitrogen and oxygen atoms in total. The summed E-state index contributed by atoms with van der Waals surface area (Å²) in [6.07, 6.45) is 13.6. The number of hydrogen-bond acceptors (Lipinski definition) is 5. The molecule has 32 heavy (non-hydrogen) atoms. The Labute approximate surface area is 191 Å². The van der Waals surface area contributed by atoms with E-state index in [2.05, 4.69) is 39.8 Å². The zero-order valence-electron chi connectivity index (χ0n) is 20.1. The summed E-state index contributed by atoms with van der Waals surface area (Å²) < 4.78 is 18.4. The molecule has 5 atom stereocenters. The third-order valence-electron chi connectivity index (χ3n) is 6.23. The molecule has 2 aliphatic heterocycles. The van der Waals surface area contributed by atoms with Crippen LogP contribution in [-0.2, 0) is 23.8 Å². The SMILES string of the molecule is CC(=O)O[C@@H]1C[C@@H]2C(C=O)=C[C@]3(C=C(C)C[C@@H](/C=C(\C)CCC=C(C)C)O3)O[C@@H]2C=C1C. The lowest BCUT2D eigenvalue weighted by Crippen LogP contribution is -2.49. The van der Waals surface area contributed by atoms with Crippen LogP contribution < -0.4 is 0 Å². The van der Waals surface area contributed by atoms with Gasteiger partial charge < -0.3 is 14.2 Å². The molecule has 3 rings (SSSR count). The normalized spacial score (nSPS) is 32.3. The van der Waals surface area contributed by atoms with Crippen LogP contribution in [0.2, 0.25) is 0 Å². The van der Waals surface area contributed by atoms with Crippen molar-refractivity contribution in [1.82, 2.24) is 0 Å². The van der Waals surface area contributed by atoms with Gasteiger partial charge in [0.15, 0.2) is 0 Å². The number of allylic oxidation sites excluding steroid dienone is 3. The number of fused-ring (bicyclic) bond motifs is 1. The number of rotatable bonds is 6. The van der Waals surface area contributed by atoms with Crippen molar-refractivity contribution < 1.29 is 23.8 Å². The molecule has 0 bridgehead atoms. The summed E-state index contributed by atoms with van der Waals surface area (Å²) in [5, 5.41) is 0. The number of carbonyl (C=O) groups excluding carboxylic acids is 2. The van der Waals surface area contributed by atoms with Crippen LogP contribution in [0, 0.1) is 5.92 Å². The van der Waals surface area contributed by atoms with E-state index in [4.69, 9.17) is 14.2 Å². The molecule has 0 aromatic heterocycles. The molecule has 0 saturated heterocycles. The molecule has 0 saturated carbocycles. The van der Waals surface area contributed by atoms with Crippen LogP contribution >= 0.6 is 0 Å². The van der Waals surface area contributed by atoms with E-state index in [-0.39, 0.29) is 30.2 Å². The molecule has 0 amide bonds. The minimum atomic E-state index is -1.06. The Kier molecular flexibility index (Phi) is 7.73. The van der Waals surface area contributed by atoms with Crippen molar-refractivity contribution in [1.29, 1.82) is 0 Å². The third-order valence-corrected chi connectivity index (χ3v) is 6.23. The van der Waals surface area contributed by atoms with Crippen molar-refractivity contribution in [3.63, 3.8) is 0 Å². The second-order valence-electron chi connectivity index (χ2n) is 9.60. The van der Waals surface area contributed by atoms with Gasteiger partial charge in [-0.05, 0) is 83.6 Å². The van der Waals surface area contributed by atoms with Crippen molar-refractivity contribution in [2.45, 2.75) is 91.3 Å². The second-order valence-corrected chi connectivity index (χ2v) is 9.60. The minimum Gasteiger partial charge on any atom is -0.458 e. The van der Waals surface area contributed by atoms with Gasteiger partial charge in [0.2, 0.25) is 5.79 Å². The lowest BCUT2D eigenvalue weighted by molar-refractivity contribution is -0.226. The molecule has 1 aliphatic carbocycles. The van der Waals surface area contributed by atoms with Gasteiger partial charge in [-0.25, -0.2) is 0 Å². The summed E-state index contributed by atoms with van der Waals surface area (Å²) in [5.74, 6) is -1.55. The van der Waals surface area contributed by atoms with Gasteiger partial charge in [0.1, 0.15) is 12.4 Å². The van der Waals surface area contributed by atoms with E-state index < -0.39 is 5.79 Å². The first-order valence-corrected chi connectivity index (χ1v) is 11.5. The second kappa shape index (κ2) is 10.1. The van der Waals surface area contributed by atoms with E-state index in [0.29, 0.717) is 12.0 Å². The van der Waals surface area contributed by atoms with Crippen LogP contribution in [0.1, 0.15) is 67.2 Å². The van der Waals surface area contributed by atoms with Crippen molar-refractivity contribution >= 4 is 12.3 Å². The number of esters is 1. The molecule has 0 N–H and O–H groups in total. The van der Waals surface area contributed by atoms with Gasteiger partial charge in [-0.3, -0.25) is 9.59 Å².